The number of nitrogens with one attached hydrogen (secondary N) is 6. The zero-order chi connectivity index (χ0) is 61.8. The molecule has 6 amide bonds. The number of anilines is 2. The lowest BCUT2D eigenvalue weighted by Crippen LogP contribution is -2.40. The molecule has 0 spiro atoms. The summed E-state index contributed by atoms with van der Waals surface area (Å²) in [5, 5.41) is 16.7. The molecule has 0 saturated heterocycles. The third-order valence-electron chi connectivity index (χ3n) is 12.3. The van der Waals surface area contributed by atoms with Gasteiger partial charge in [0, 0.05) is 69.1 Å². The zero-order valence-electron chi connectivity index (χ0n) is 49.3. The van der Waals surface area contributed by atoms with E-state index in [1.165, 1.54) is 27.7 Å². The summed E-state index contributed by atoms with van der Waals surface area (Å²) in [5.41, 5.74) is 0.544. The number of amides is 6. The number of carbonyl (C=O) groups is 10. The summed E-state index contributed by atoms with van der Waals surface area (Å²) in [6, 6.07) is 19.3. The Kier molecular flexibility index (Phi) is 31.8. The average Bonchev–Trinajstić information content (AvgIpc) is 3.64. The highest BCUT2D eigenvalue weighted by molar-refractivity contribution is 5.98. The molecule has 0 fully saturated rings. The molecule has 0 aliphatic heterocycles. The van der Waals surface area contributed by atoms with Gasteiger partial charge in [-0.1, -0.05) is 37.6 Å². The van der Waals surface area contributed by atoms with Crippen molar-refractivity contribution in [1.29, 1.82) is 0 Å². The predicted molar refractivity (Wildman–Crippen MR) is 307 cm³/mol. The lowest BCUT2D eigenvalue weighted by molar-refractivity contribution is -0.167. The molecule has 3 rings (SSSR count). The second-order valence-electron chi connectivity index (χ2n) is 20.5. The molecule has 0 saturated carbocycles. The van der Waals surface area contributed by atoms with Crippen molar-refractivity contribution in [3.63, 3.8) is 0 Å². The first-order valence-electron chi connectivity index (χ1n) is 27.9. The maximum absolute atomic E-state index is 12.9. The second kappa shape index (κ2) is 38.3. The molecule has 2 atom stereocenters. The van der Waals surface area contributed by atoms with E-state index in [2.05, 4.69) is 31.9 Å². The van der Waals surface area contributed by atoms with Crippen LogP contribution >= 0.6 is 0 Å². The van der Waals surface area contributed by atoms with Crippen molar-refractivity contribution in [3.05, 3.63) is 95.1 Å². The summed E-state index contributed by atoms with van der Waals surface area (Å²) < 4.78 is 41.1. The molecule has 0 aliphatic carbocycles. The van der Waals surface area contributed by atoms with E-state index in [-0.39, 0.29) is 64.5 Å². The number of benzene rings is 3. The first-order chi connectivity index (χ1) is 40.1. The highest BCUT2D eigenvalue weighted by Crippen LogP contribution is 2.23. The lowest BCUT2D eigenvalue weighted by atomic mass is 9.93. The third-order valence-corrected chi connectivity index (χ3v) is 12.3. The molecule has 84 heavy (non-hydrogen) atoms. The average molecular weight is 1180 g/mol. The number of ether oxygens (including phenoxy) is 8. The van der Waals surface area contributed by atoms with Gasteiger partial charge in [0.05, 0.1) is 26.4 Å². The minimum Gasteiger partial charge on any atom is -0.465 e. The van der Waals surface area contributed by atoms with Gasteiger partial charge in [0.15, 0.2) is 0 Å². The van der Waals surface area contributed by atoms with Crippen molar-refractivity contribution < 1.29 is 85.8 Å². The van der Waals surface area contributed by atoms with Gasteiger partial charge in [-0.05, 0) is 139 Å². The van der Waals surface area contributed by atoms with Gasteiger partial charge < -0.3 is 74.7 Å². The molecule has 0 radical (unpaired) electrons. The van der Waals surface area contributed by atoms with Crippen LogP contribution in [0.1, 0.15) is 124 Å². The summed E-state index contributed by atoms with van der Waals surface area (Å²) in [6.45, 7) is 8.15. The monoisotopic (exact) mass is 1180 g/mol. The van der Waals surface area contributed by atoms with Crippen molar-refractivity contribution in [3.8, 4) is 0 Å². The number of urea groups is 2. The first kappa shape index (κ1) is 69.8. The van der Waals surface area contributed by atoms with Crippen molar-refractivity contribution >= 4 is 71.4 Å². The second-order valence-corrected chi connectivity index (χ2v) is 20.5. The zero-order valence-corrected chi connectivity index (χ0v) is 49.3. The van der Waals surface area contributed by atoms with Gasteiger partial charge in [-0.2, -0.15) is 0 Å². The van der Waals surface area contributed by atoms with Crippen LogP contribution in [0.2, 0.25) is 0 Å². The van der Waals surface area contributed by atoms with Crippen molar-refractivity contribution in [2.45, 2.75) is 105 Å². The number of esters is 4. The van der Waals surface area contributed by atoms with Crippen LogP contribution < -0.4 is 31.9 Å². The molecular formula is C59H83N7O18. The Hall–Kier alpha value is -8.48. The molecule has 25 heteroatoms. The van der Waals surface area contributed by atoms with E-state index in [0.717, 1.165) is 17.5 Å². The number of hydrogen-bond acceptors (Lipinski definition) is 19. The van der Waals surface area contributed by atoms with E-state index >= 15 is 0 Å². The van der Waals surface area contributed by atoms with Crippen molar-refractivity contribution in [2.24, 2.45) is 10.8 Å². The quantitative estimate of drug-likeness (QED) is 0.0186. The van der Waals surface area contributed by atoms with Crippen molar-refractivity contribution in [1.82, 2.24) is 26.2 Å². The summed E-state index contributed by atoms with van der Waals surface area (Å²) in [5.74, 6) is -3.19. The van der Waals surface area contributed by atoms with Gasteiger partial charge in [0.25, 0.3) is 11.8 Å². The standard InChI is InChI=1S/C59H83N7O18/c1-8-9-32-77-52(71)58(4,38-81-42(2)67)40-83-56(75)79-33-14-10-12-29-60-54(73)64-48-25-17-44(18-26-48)36-62-50(69)46-21-23-47(24-22-46)51(70)63-37-45-19-27-49(28-20-45)65-55(74)61-30-13-11-15-34-80-57(76)84-41-59(5,39-82-43(3)68)53(72)78-35-16-31-66(6)7/h17-28H,8-16,29-41H2,1-7H3,(H,62,69)(H,63,70)(H2,60,64,73)(H2,61,65,74). The highest BCUT2D eigenvalue weighted by Gasteiger charge is 2.40. The van der Waals surface area contributed by atoms with Crippen molar-refractivity contribution in [2.75, 3.05) is 97.2 Å². The van der Waals surface area contributed by atoms with Crippen LogP contribution in [0.15, 0.2) is 72.8 Å². The summed E-state index contributed by atoms with van der Waals surface area (Å²) in [7, 11) is 3.79. The van der Waals surface area contributed by atoms with Gasteiger partial charge in [-0.3, -0.25) is 28.8 Å². The van der Waals surface area contributed by atoms with Gasteiger partial charge in [0.1, 0.15) is 37.3 Å². The Morgan fingerprint density at radius 2 is 0.798 bits per heavy atom. The molecule has 3 aromatic carbocycles. The fourth-order valence-electron chi connectivity index (χ4n) is 7.19. The fourth-order valence-corrected chi connectivity index (χ4v) is 7.19. The maximum atomic E-state index is 12.9. The van der Waals surface area contributed by atoms with Gasteiger partial charge in [-0.15, -0.1) is 0 Å². The summed E-state index contributed by atoms with van der Waals surface area (Å²) in [4.78, 5) is 125. The Bertz CT molecular complexity index is 2580. The number of nitrogens with zero attached hydrogens (tertiary/aromatic N) is 1. The molecule has 25 nitrogen and oxygen atoms in total. The summed E-state index contributed by atoms with van der Waals surface area (Å²) >= 11 is 0. The van der Waals surface area contributed by atoms with E-state index in [0.29, 0.717) is 93.5 Å². The number of rotatable bonds is 37. The summed E-state index contributed by atoms with van der Waals surface area (Å²) in [6.07, 6.45) is 3.58. The minimum atomic E-state index is -1.42. The maximum Gasteiger partial charge on any atom is 0.508 e. The largest absolute Gasteiger partial charge is 0.508 e. The minimum absolute atomic E-state index is 0.0519. The highest BCUT2D eigenvalue weighted by atomic mass is 16.7. The van der Waals surface area contributed by atoms with E-state index in [9.17, 15) is 47.9 Å². The molecule has 0 aliphatic rings. The molecule has 0 aromatic heterocycles. The molecule has 0 bridgehead atoms. The van der Waals surface area contributed by atoms with E-state index < -0.39 is 72.3 Å². The molecule has 3 aromatic rings. The van der Waals surface area contributed by atoms with Crippen LogP contribution in [0.3, 0.4) is 0 Å². The molecule has 462 valence electrons. The SMILES string of the molecule is CCCCOC(=O)C(C)(COC(C)=O)COC(=O)OCCCCCNC(=O)Nc1ccc(CNC(=O)c2ccc(C(=O)NCc3ccc(NC(=O)NCCCCCOC(=O)OCC(C)(COC(C)=O)C(=O)OCCCN(C)C)cc3)cc2)cc1. The Labute approximate surface area is 490 Å². The first-order valence-corrected chi connectivity index (χ1v) is 27.9. The molecule has 2 unspecified atom stereocenters. The van der Waals surface area contributed by atoms with Crippen LogP contribution in [-0.2, 0) is 70.2 Å². The lowest BCUT2D eigenvalue weighted by Gasteiger charge is -2.26. The van der Waals surface area contributed by atoms with Crippen LogP contribution in [0, 0.1) is 10.8 Å². The number of carbonyl (C=O) groups excluding carboxylic acids is 10. The van der Waals surface area contributed by atoms with Gasteiger partial charge >= 0.3 is 48.3 Å². The molecule has 6 N–H and O–H groups in total. The Balaban J connectivity index is 1.25. The van der Waals surface area contributed by atoms with E-state index in [1.807, 2.05) is 25.9 Å². The fraction of sp³-hybridized carbons (Fsp3) is 0.525. The molecular weight excluding hydrogens is 1090 g/mol. The number of hydrogen-bond donors (Lipinski definition) is 6. The smallest absolute Gasteiger partial charge is 0.465 e. The molecule has 0 heterocycles. The van der Waals surface area contributed by atoms with Gasteiger partial charge in [0.2, 0.25) is 0 Å². The van der Waals surface area contributed by atoms with Gasteiger partial charge in [-0.25, -0.2) is 19.2 Å². The van der Waals surface area contributed by atoms with Crippen LogP contribution in [0.4, 0.5) is 30.6 Å². The number of unbranched alkanes of at least 4 members (excludes halogenated alkanes) is 5. The topological polar surface area (TPSA) is 320 Å². The van der Waals surface area contributed by atoms with Crippen LogP contribution in [0.25, 0.3) is 0 Å². The Morgan fingerprint density at radius 3 is 1.17 bits per heavy atom. The van der Waals surface area contributed by atoms with E-state index in [1.54, 1.807) is 72.8 Å². The third kappa shape index (κ3) is 29.0. The Morgan fingerprint density at radius 1 is 0.429 bits per heavy atom. The van der Waals surface area contributed by atoms with Crippen LogP contribution in [0.5, 0.6) is 0 Å². The normalized spacial score (nSPS) is 12.1. The van der Waals surface area contributed by atoms with Crippen LogP contribution in [-0.4, -0.2) is 152 Å². The van der Waals surface area contributed by atoms with E-state index in [4.69, 9.17) is 37.9 Å². The predicted octanol–water partition coefficient (Wildman–Crippen LogP) is 7.41.